The molecule has 4 heterocycles. The zero-order chi connectivity index (χ0) is 80.1. The Labute approximate surface area is 632 Å². The maximum atomic E-state index is 13.6. The molecular weight excluding hydrogens is 1550 g/mol. The molecule has 4 fully saturated rings. The number of carbonyl (C=O) groups is 1. The molecule has 0 aromatic heterocycles. The fourth-order valence-electron chi connectivity index (χ4n) is 11.9. The van der Waals surface area contributed by atoms with E-state index in [4.69, 9.17) is 83.3 Å². The van der Waals surface area contributed by atoms with Crippen molar-refractivity contribution in [1.82, 2.24) is 5.32 Å². The summed E-state index contributed by atoms with van der Waals surface area (Å²) in [6.45, 7) is 2.32. The van der Waals surface area contributed by atoms with Gasteiger partial charge in [0.2, 0.25) is 5.91 Å². The van der Waals surface area contributed by atoms with E-state index < -0.39 is 226 Å². The summed E-state index contributed by atoms with van der Waals surface area (Å²) in [6.07, 6.45) is -8.50. The van der Waals surface area contributed by atoms with Crippen molar-refractivity contribution in [2.75, 3.05) is 126 Å². The first-order valence-electron chi connectivity index (χ1n) is 37.2. The maximum Gasteiger partial charge on any atom is 0.267 e. The van der Waals surface area contributed by atoms with Crippen LogP contribution in [0.1, 0.15) is 157 Å². The van der Waals surface area contributed by atoms with Gasteiger partial charge in [0.1, 0.15) is 62.5 Å². The summed E-state index contributed by atoms with van der Waals surface area (Å²) in [5.74, 6) is -1.42. The Kier molecular flexibility index (Phi) is 47.6. The van der Waals surface area contributed by atoms with Gasteiger partial charge in [-0.25, -0.2) is 0 Å². The van der Waals surface area contributed by atoms with Crippen molar-refractivity contribution in [2.24, 2.45) is 17.3 Å². The Balaban J connectivity index is 1.34. The van der Waals surface area contributed by atoms with Gasteiger partial charge in [-0.3, -0.25) is 23.1 Å². The van der Waals surface area contributed by atoms with E-state index in [1.165, 1.54) is 20.8 Å². The molecule has 13 unspecified atom stereocenters. The first-order valence-corrected chi connectivity index (χ1v) is 44.6. The minimum Gasteiger partial charge on any atom is -0.778 e. The maximum absolute atomic E-state index is 13.6. The standard InChI is InChI=1S/C64H126NO38P5/c1-44(2)104(76,77)103-50-35-45(3)99-54(50)39-97-108(84,85)98-43-64(40-86-24-20-32-94-105(78,79)91-29-17-9-7-8-14-23-49-46(4)56(70)58(72)51(36-66)100-49,41-87-25-21-33-95-106(80,81)92-30-18-12-10-15-27-89-62-47(5)57(71)59(73)52(37-67)101-62)42-88-26-22-34-96-107(82,83)93-31-19-13-11-16-28-90-63-55(65-48(6)69)61(75)60(74)53(38-68)102-63/h44-47,49-63,66-68,70-75H,7-43H2,1-6H3,(H,65,69)(H,76,77)(H,78,79)(H,80,81)(H,82,83)(H,84,85)/p-5/t45-,46?,47?,49-,50?,51?,52?,53?,54+,55?,56+,57+,58-,59-,60-,61+,62+,63+,64?/m0/s1. The third-order valence-electron chi connectivity index (χ3n) is 18.3. The zero-order valence-electron chi connectivity index (χ0n) is 62.7. The first kappa shape index (κ1) is 99.7. The van der Waals surface area contributed by atoms with Crippen LogP contribution < -0.4 is 29.8 Å². The molecule has 0 aliphatic carbocycles. The van der Waals surface area contributed by atoms with E-state index in [2.05, 4.69) is 5.32 Å². The van der Waals surface area contributed by atoms with Crippen LogP contribution in [0.15, 0.2) is 0 Å². The number of rotatable bonds is 61. The Hall–Kier alpha value is -0.660. The molecule has 0 radical (unpaired) electrons. The van der Waals surface area contributed by atoms with Crippen LogP contribution in [0.4, 0.5) is 0 Å². The summed E-state index contributed by atoms with van der Waals surface area (Å²) in [5, 5.41) is 92.6. The number of nitrogens with one attached hydrogen (secondary N) is 1. The van der Waals surface area contributed by atoms with Gasteiger partial charge in [0.15, 0.2) is 12.6 Å². The molecule has 10 N–H and O–H groups in total. The summed E-state index contributed by atoms with van der Waals surface area (Å²) >= 11 is 0. The van der Waals surface area contributed by atoms with E-state index in [0.29, 0.717) is 64.2 Å². The van der Waals surface area contributed by atoms with Crippen molar-refractivity contribution in [3.8, 4) is 0 Å². The Morgan fingerprint density at radius 1 is 0.435 bits per heavy atom. The average Bonchev–Trinajstić information content (AvgIpc) is 1.12. The molecule has 1 amide bonds. The van der Waals surface area contributed by atoms with Crippen molar-refractivity contribution in [1.29, 1.82) is 0 Å². The van der Waals surface area contributed by atoms with Crippen LogP contribution in [-0.2, 0) is 111 Å². The Morgan fingerprint density at radius 2 is 0.815 bits per heavy atom. The lowest BCUT2D eigenvalue weighted by Crippen LogP contribution is -2.64. The number of hydrogen-bond donors (Lipinski definition) is 10. The SMILES string of the molecule is CC(=O)NC1[C@H](OCCCCCCOP(=O)([O-])OCCCOCC(COCCCOP(=O)([O-])OCCCCCCC[C@@H]2OC(CO)[C@H](O)[C@H](O)C2C)(COCCCOP(=O)([O-])OCCCCCCO[C@@H]2OC(CO)[C@H](O)[C@H](O)C2C)COP(=O)([O-])OC[C@H]2O[C@@H](C)CC2OP(=O)([O-])C(C)C)OC(CO)[C@H](O)[C@@H]1O. The fraction of sp³-hybridized carbons (Fsp3) is 0.984. The topological polar surface area (TPSA) is 578 Å². The van der Waals surface area contributed by atoms with Crippen LogP contribution in [0.2, 0.25) is 0 Å². The molecule has 24 atom stereocenters. The van der Waals surface area contributed by atoms with Gasteiger partial charge in [0, 0.05) is 63.9 Å². The number of amides is 1. The van der Waals surface area contributed by atoms with Crippen molar-refractivity contribution in [3.05, 3.63) is 0 Å². The molecule has 0 spiro atoms. The third-order valence-corrected chi connectivity index (χ3v) is 24.1. The van der Waals surface area contributed by atoms with E-state index in [0.717, 1.165) is 19.3 Å². The third kappa shape index (κ3) is 37.7. The summed E-state index contributed by atoms with van der Waals surface area (Å²) in [7, 11) is -24.3. The van der Waals surface area contributed by atoms with Crippen LogP contribution in [-0.4, -0.2) is 281 Å². The number of carbonyl (C=O) groups excluding carboxylic acids is 1. The molecular formula is C64H121NO38P5-5. The predicted octanol–water partition coefficient (Wildman–Crippen LogP) is 0.355. The summed E-state index contributed by atoms with van der Waals surface area (Å²) in [4.78, 5) is 76.3. The van der Waals surface area contributed by atoms with Gasteiger partial charge in [-0.15, -0.1) is 0 Å². The first-order chi connectivity index (χ1) is 51.0. The zero-order valence-corrected chi connectivity index (χ0v) is 67.2. The van der Waals surface area contributed by atoms with E-state index in [-0.39, 0.29) is 97.0 Å². The van der Waals surface area contributed by atoms with Gasteiger partial charge >= 0.3 is 0 Å². The van der Waals surface area contributed by atoms with Crippen molar-refractivity contribution in [3.63, 3.8) is 0 Å². The number of hydrogen-bond acceptors (Lipinski definition) is 38. The lowest BCUT2D eigenvalue weighted by atomic mass is 9.86. The number of phosphoric ester groups is 4. The van der Waals surface area contributed by atoms with Gasteiger partial charge in [0.25, 0.3) is 31.3 Å². The van der Waals surface area contributed by atoms with Gasteiger partial charge in [-0.05, 0) is 64.7 Å². The number of ether oxygens (including phenoxy) is 9. The van der Waals surface area contributed by atoms with Crippen LogP contribution in [0.3, 0.4) is 0 Å². The van der Waals surface area contributed by atoms with Crippen LogP contribution >= 0.6 is 38.9 Å². The number of aliphatic hydroxyl groups is 9. The highest BCUT2D eigenvalue weighted by Crippen LogP contribution is 2.48. The van der Waals surface area contributed by atoms with Crippen LogP contribution in [0, 0.1) is 17.3 Å². The number of unbranched alkanes of at least 4 members (excludes halogenated alkanes) is 10. The molecule has 44 heteroatoms. The fourth-order valence-corrected chi connectivity index (χ4v) is 15.9. The van der Waals surface area contributed by atoms with Crippen molar-refractivity contribution in [2.45, 2.75) is 261 Å². The Morgan fingerprint density at radius 3 is 1.26 bits per heavy atom. The van der Waals surface area contributed by atoms with E-state index >= 15 is 0 Å². The van der Waals surface area contributed by atoms with Gasteiger partial charge in [-0.2, -0.15) is 0 Å². The second-order valence-corrected chi connectivity index (χ2v) is 35.9. The van der Waals surface area contributed by atoms with E-state index in [1.54, 1.807) is 20.8 Å². The van der Waals surface area contributed by atoms with Crippen molar-refractivity contribution < 1.29 is 181 Å². The summed E-state index contributed by atoms with van der Waals surface area (Å²) in [5.41, 5.74) is -2.54. The molecule has 4 aliphatic heterocycles. The monoisotopic (exact) mass is 1670 g/mol. The Bertz CT molecular complexity index is 2620. The molecule has 39 nitrogen and oxygen atoms in total. The molecule has 0 saturated carbocycles. The molecule has 4 saturated heterocycles. The lowest BCUT2D eigenvalue weighted by Gasteiger charge is -2.42. The largest absolute Gasteiger partial charge is 0.778 e. The van der Waals surface area contributed by atoms with Crippen molar-refractivity contribution >= 4 is 44.8 Å². The summed E-state index contributed by atoms with van der Waals surface area (Å²) in [6, 6.07) is -1.12. The predicted molar refractivity (Wildman–Crippen MR) is 369 cm³/mol. The molecule has 0 aromatic carbocycles. The van der Waals surface area contributed by atoms with Crippen LogP contribution in [0.25, 0.3) is 0 Å². The molecule has 4 aliphatic rings. The highest BCUT2D eigenvalue weighted by molar-refractivity contribution is 7.52. The minimum absolute atomic E-state index is 0.0630. The summed E-state index contributed by atoms with van der Waals surface area (Å²) < 4.78 is 163. The average molecular weight is 1670 g/mol. The molecule has 640 valence electrons. The number of phosphoric acid groups is 4. The van der Waals surface area contributed by atoms with E-state index in [1.807, 2.05) is 0 Å². The second kappa shape index (κ2) is 51.5. The molecule has 0 bridgehead atoms. The quantitative estimate of drug-likeness (QED) is 0.0290. The molecule has 108 heavy (non-hydrogen) atoms. The van der Waals surface area contributed by atoms with Gasteiger partial charge in [-0.1, -0.05) is 79.1 Å². The normalized spacial score (nSPS) is 31.2. The molecule has 0 aromatic rings. The van der Waals surface area contributed by atoms with Crippen LogP contribution in [0.5, 0.6) is 0 Å². The minimum atomic E-state index is -5.37. The van der Waals surface area contributed by atoms with Gasteiger partial charge in [0.05, 0.1) is 128 Å². The smallest absolute Gasteiger partial charge is 0.267 e. The number of aliphatic hydroxyl groups excluding tert-OH is 9. The van der Waals surface area contributed by atoms with Gasteiger partial charge < -0.3 is 164 Å². The van der Waals surface area contributed by atoms with E-state index in [9.17, 15) is 98.0 Å². The lowest BCUT2D eigenvalue weighted by molar-refractivity contribution is -0.282. The highest BCUT2D eigenvalue weighted by Gasteiger charge is 2.47. The second-order valence-electron chi connectivity index (χ2n) is 27.9. The highest BCUT2D eigenvalue weighted by atomic mass is 31.2. The molecule has 4 rings (SSSR count).